The SMILES string of the molecule is CC(C)CCN(C[C@@H](O)[C@H](Cc1ccccc1)NC(=O)OC1C2CC3C[C@@H]1COC3O2)NS(=O)(=O)c1ccc(N)cc1. The van der Waals surface area contributed by atoms with Crippen LogP contribution in [0.2, 0.25) is 0 Å². The number of carbonyl (C=O) groups is 1. The van der Waals surface area contributed by atoms with E-state index >= 15 is 0 Å². The van der Waals surface area contributed by atoms with Crippen molar-refractivity contribution in [2.45, 2.75) is 75.1 Å². The van der Waals surface area contributed by atoms with Gasteiger partial charge < -0.3 is 30.4 Å². The second kappa shape index (κ2) is 13.3. The molecule has 230 valence electrons. The summed E-state index contributed by atoms with van der Waals surface area (Å²) in [6, 6.07) is 14.7. The van der Waals surface area contributed by atoms with Crippen LogP contribution in [0.3, 0.4) is 0 Å². The molecule has 0 radical (unpaired) electrons. The standard InChI is InChI=1S/C30H42N4O7S/c1-19(2)12-13-34(33-42(37,38)24-10-8-23(31)9-11-24)17-26(35)25(14-20-6-4-3-5-7-20)32-30(36)41-28-22-15-21-16-27(28)40-29(21)39-18-22/h3-11,19,21-22,25-29,33,35H,12-18,31H2,1-2H3,(H,32,36)/t21?,22-,25+,26-,27?,28?,29?/m1/s1. The van der Waals surface area contributed by atoms with Crippen LogP contribution in [0.25, 0.3) is 0 Å². The Bertz CT molecular complexity index is 1290. The lowest BCUT2D eigenvalue weighted by Crippen LogP contribution is -2.54. The van der Waals surface area contributed by atoms with Gasteiger partial charge in [-0.1, -0.05) is 44.2 Å². The van der Waals surface area contributed by atoms with Crippen molar-refractivity contribution in [2.24, 2.45) is 17.8 Å². The van der Waals surface area contributed by atoms with Gasteiger partial charge in [0.15, 0.2) is 6.29 Å². The monoisotopic (exact) mass is 602 g/mol. The van der Waals surface area contributed by atoms with Gasteiger partial charge in [0.2, 0.25) is 0 Å². The average Bonchev–Trinajstić information content (AvgIpc) is 3.25. The molecule has 2 aromatic rings. The van der Waals surface area contributed by atoms with E-state index in [9.17, 15) is 18.3 Å². The van der Waals surface area contributed by atoms with E-state index in [1.54, 1.807) is 0 Å². The lowest BCUT2D eigenvalue weighted by atomic mass is 9.78. The molecular weight excluding hydrogens is 560 g/mol. The third kappa shape index (κ3) is 7.61. The van der Waals surface area contributed by atoms with Crippen LogP contribution in [-0.2, 0) is 30.7 Å². The van der Waals surface area contributed by atoms with Crippen molar-refractivity contribution in [2.75, 3.05) is 25.4 Å². The topological polar surface area (TPSA) is 152 Å². The summed E-state index contributed by atoms with van der Waals surface area (Å²) in [5, 5.41) is 15.8. The van der Waals surface area contributed by atoms with Crippen molar-refractivity contribution in [3.63, 3.8) is 0 Å². The highest BCUT2D eigenvalue weighted by Gasteiger charge is 2.53. The van der Waals surface area contributed by atoms with Crippen molar-refractivity contribution in [1.29, 1.82) is 0 Å². The van der Waals surface area contributed by atoms with E-state index in [2.05, 4.69) is 10.1 Å². The Labute approximate surface area is 247 Å². The molecule has 1 amide bonds. The van der Waals surface area contributed by atoms with Crippen molar-refractivity contribution in [3.8, 4) is 0 Å². The van der Waals surface area contributed by atoms with E-state index in [4.69, 9.17) is 19.9 Å². The fourth-order valence-corrected chi connectivity index (χ4v) is 7.10. The number of sulfonamides is 1. The molecule has 5 rings (SSSR count). The molecule has 11 nitrogen and oxygen atoms in total. The van der Waals surface area contributed by atoms with Gasteiger partial charge in [0.25, 0.3) is 10.0 Å². The smallest absolute Gasteiger partial charge is 0.407 e. The molecule has 42 heavy (non-hydrogen) atoms. The number of nitrogens with two attached hydrogens (primary N) is 1. The van der Waals surface area contributed by atoms with Gasteiger partial charge in [0, 0.05) is 30.6 Å². The van der Waals surface area contributed by atoms with Crippen LogP contribution >= 0.6 is 0 Å². The van der Waals surface area contributed by atoms with Crippen molar-refractivity contribution in [1.82, 2.24) is 15.2 Å². The maximum atomic E-state index is 13.2. The molecular formula is C30H42N4O7S. The highest BCUT2D eigenvalue weighted by molar-refractivity contribution is 7.89. The van der Waals surface area contributed by atoms with Crippen molar-refractivity contribution >= 4 is 21.8 Å². The number of carbonyl (C=O) groups excluding carboxylic acids is 1. The number of aliphatic hydroxyl groups excluding tert-OH is 1. The van der Waals surface area contributed by atoms with Crippen LogP contribution in [-0.4, -0.2) is 75.0 Å². The quantitative estimate of drug-likeness (QED) is 0.200. The number of hydrogen-bond donors (Lipinski definition) is 4. The first-order valence-corrected chi connectivity index (χ1v) is 16.1. The predicted octanol–water partition coefficient (Wildman–Crippen LogP) is 2.66. The zero-order valence-electron chi connectivity index (χ0n) is 24.1. The minimum Gasteiger partial charge on any atom is -0.443 e. The molecule has 2 heterocycles. The molecule has 3 bridgehead atoms. The van der Waals surface area contributed by atoms with Gasteiger partial charge in [0.05, 0.1) is 29.8 Å². The van der Waals surface area contributed by atoms with Crippen LogP contribution in [0.4, 0.5) is 10.5 Å². The van der Waals surface area contributed by atoms with Crippen LogP contribution in [0.15, 0.2) is 59.5 Å². The predicted molar refractivity (Wildman–Crippen MR) is 156 cm³/mol. The van der Waals surface area contributed by atoms with E-state index in [1.807, 2.05) is 44.2 Å². The number of anilines is 1. The molecule has 1 saturated carbocycles. The van der Waals surface area contributed by atoms with Crippen LogP contribution in [0.5, 0.6) is 0 Å². The number of aliphatic hydroxyl groups is 1. The normalized spacial score (nSPS) is 26.4. The number of hydrazine groups is 1. The Kier molecular flexibility index (Phi) is 9.70. The Morgan fingerprint density at radius 2 is 1.86 bits per heavy atom. The highest BCUT2D eigenvalue weighted by Crippen LogP contribution is 2.46. The summed E-state index contributed by atoms with van der Waals surface area (Å²) >= 11 is 0. The first-order valence-electron chi connectivity index (χ1n) is 14.7. The second-order valence-electron chi connectivity index (χ2n) is 12.0. The van der Waals surface area contributed by atoms with Crippen LogP contribution in [0.1, 0.15) is 38.7 Å². The lowest BCUT2D eigenvalue weighted by Gasteiger charge is -2.37. The van der Waals surface area contributed by atoms with Gasteiger partial charge in [-0.05, 0) is 61.4 Å². The third-order valence-electron chi connectivity index (χ3n) is 8.27. The lowest BCUT2D eigenvalue weighted by molar-refractivity contribution is -0.153. The second-order valence-corrected chi connectivity index (χ2v) is 13.7. The first-order chi connectivity index (χ1) is 20.1. The Hall–Kier alpha value is -2.74. The first kappa shape index (κ1) is 30.7. The molecule has 2 saturated heterocycles. The summed E-state index contributed by atoms with van der Waals surface area (Å²) < 4.78 is 44.0. The maximum Gasteiger partial charge on any atom is 0.407 e. The number of rotatable bonds is 13. The maximum absolute atomic E-state index is 13.2. The zero-order valence-corrected chi connectivity index (χ0v) is 24.9. The molecule has 2 aromatic carbocycles. The largest absolute Gasteiger partial charge is 0.443 e. The highest BCUT2D eigenvalue weighted by atomic mass is 32.2. The Morgan fingerprint density at radius 3 is 2.57 bits per heavy atom. The molecule has 4 unspecified atom stereocenters. The van der Waals surface area contributed by atoms with E-state index in [-0.39, 0.29) is 29.8 Å². The Morgan fingerprint density at radius 1 is 1.12 bits per heavy atom. The summed E-state index contributed by atoms with van der Waals surface area (Å²) in [7, 11) is -3.94. The fraction of sp³-hybridized carbons (Fsp3) is 0.567. The summed E-state index contributed by atoms with van der Waals surface area (Å²) in [5.41, 5.74) is 7.09. The molecule has 7 atom stereocenters. The average molecular weight is 603 g/mol. The number of nitrogens with zero attached hydrogens (tertiary/aromatic N) is 1. The molecule has 2 aliphatic heterocycles. The van der Waals surface area contributed by atoms with Gasteiger partial charge in [-0.3, -0.25) is 0 Å². The zero-order chi connectivity index (χ0) is 29.9. The van der Waals surface area contributed by atoms with Gasteiger partial charge in [-0.2, -0.15) is 0 Å². The molecule has 12 heteroatoms. The third-order valence-corrected chi connectivity index (χ3v) is 9.66. The fourth-order valence-electron chi connectivity index (χ4n) is 5.99. The summed E-state index contributed by atoms with van der Waals surface area (Å²) in [6.07, 6.45) is 0.0965. The summed E-state index contributed by atoms with van der Waals surface area (Å²) in [6.45, 7) is 4.87. The number of nitrogens with one attached hydrogen (secondary N) is 2. The molecule has 3 aliphatic rings. The van der Waals surface area contributed by atoms with Crippen molar-refractivity contribution in [3.05, 3.63) is 60.2 Å². The number of amides is 1. The van der Waals surface area contributed by atoms with Gasteiger partial charge in [-0.15, -0.1) is 4.83 Å². The summed E-state index contributed by atoms with van der Waals surface area (Å²) in [5.74, 6) is 0.717. The molecule has 5 N–H and O–H groups in total. The van der Waals surface area contributed by atoms with E-state index in [0.29, 0.717) is 43.5 Å². The number of hydrogen-bond acceptors (Lipinski definition) is 9. The number of benzene rings is 2. The van der Waals surface area contributed by atoms with Crippen molar-refractivity contribution < 1.29 is 32.5 Å². The number of ether oxygens (including phenoxy) is 3. The van der Waals surface area contributed by atoms with Gasteiger partial charge in [-0.25, -0.2) is 18.2 Å². The molecule has 0 aromatic heterocycles. The van der Waals surface area contributed by atoms with E-state index in [1.165, 1.54) is 29.3 Å². The van der Waals surface area contributed by atoms with Gasteiger partial charge in [0.1, 0.15) is 6.10 Å². The number of nitrogen functional groups attached to an aromatic ring is 1. The minimum absolute atomic E-state index is 0.0604. The van der Waals surface area contributed by atoms with Crippen LogP contribution in [0, 0.1) is 17.8 Å². The number of alkyl carbamates (subject to hydrolysis) is 1. The van der Waals surface area contributed by atoms with E-state index < -0.39 is 34.4 Å². The summed E-state index contributed by atoms with van der Waals surface area (Å²) in [4.78, 5) is 15.9. The molecule has 3 fully saturated rings. The molecule has 1 aliphatic carbocycles. The van der Waals surface area contributed by atoms with Gasteiger partial charge >= 0.3 is 6.09 Å². The van der Waals surface area contributed by atoms with Crippen LogP contribution < -0.4 is 15.9 Å². The number of fused-ring (bicyclic) bond motifs is 2. The molecule has 0 spiro atoms. The van der Waals surface area contributed by atoms with E-state index in [0.717, 1.165) is 18.4 Å². The Balaban J connectivity index is 1.29. The minimum atomic E-state index is -3.94.